The van der Waals surface area contributed by atoms with Gasteiger partial charge in [-0.3, -0.25) is 14.4 Å². The van der Waals surface area contributed by atoms with E-state index < -0.39 is 6.10 Å². The van der Waals surface area contributed by atoms with Gasteiger partial charge < -0.3 is 14.2 Å². The first-order valence-corrected chi connectivity index (χ1v) is 27.8. The predicted molar refractivity (Wildman–Crippen MR) is 270 cm³/mol. The standard InChI is InChI=1S/C57H106O6/c1-4-7-10-13-16-19-22-24-26-27-28-29-30-31-33-35-38-41-44-47-50-56(59)62-53-54(52-61-55(58)49-46-43-40-37-34-21-18-15-12-9-6-3)63-57(60)51-48-45-42-39-36-32-25-23-20-17-14-11-8-5-2/h14,17,23,25,54H,4-13,15-16,18-22,24,26-53H2,1-3H3/b17-14-,25-23-. The second-order valence-electron chi connectivity index (χ2n) is 18.9. The van der Waals surface area contributed by atoms with Gasteiger partial charge in [-0.25, -0.2) is 0 Å². The topological polar surface area (TPSA) is 78.9 Å². The maximum absolute atomic E-state index is 12.8. The fourth-order valence-corrected chi connectivity index (χ4v) is 8.23. The Morgan fingerprint density at radius 2 is 0.587 bits per heavy atom. The summed E-state index contributed by atoms with van der Waals surface area (Å²) in [6.45, 7) is 6.62. The average Bonchev–Trinajstić information content (AvgIpc) is 3.28. The highest BCUT2D eigenvalue weighted by Crippen LogP contribution is 2.17. The number of carbonyl (C=O) groups excluding carboxylic acids is 3. The van der Waals surface area contributed by atoms with Gasteiger partial charge in [0.25, 0.3) is 0 Å². The molecule has 0 amide bonds. The van der Waals surface area contributed by atoms with E-state index in [1.807, 2.05) is 0 Å². The molecule has 0 fully saturated rings. The molecule has 0 rings (SSSR count). The van der Waals surface area contributed by atoms with Crippen LogP contribution in [0.25, 0.3) is 0 Å². The summed E-state index contributed by atoms with van der Waals surface area (Å²) in [6.07, 6.45) is 60.3. The van der Waals surface area contributed by atoms with Gasteiger partial charge in [-0.05, 0) is 44.9 Å². The SMILES string of the molecule is CCCC/C=C\C/C=C\CCCCCCCC(=O)OC(COC(=O)CCCCCCCCCCCCC)COC(=O)CCCCCCCCCCCCCCCCCCCCCC. The van der Waals surface area contributed by atoms with Gasteiger partial charge in [-0.1, -0.05) is 263 Å². The maximum atomic E-state index is 12.8. The lowest BCUT2D eigenvalue weighted by atomic mass is 10.0. The predicted octanol–water partition coefficient (Wildman–Crippen LogP) is 18.3. The van der Waals surface area contributed by atoms with Crippen molar-refractivity contribution in [3.05, 3.63) is 24.3 Å². The number of hydrogen-bond donors (Lipinski definition) is 0. The average molecular weight is 887 g/mol. The molecule has 1 unspecified atom stereocenters. The number of unbranched alkanes of at least 4 members (excludes halogenated alkanes) is 36. The van der Waals surface area contributed by atoms with Gasteiger partial charge in [-0.2, -0.15) is 0 Å². The molecular formula is C57H106O6. The van der Waals surface area contributed by atoms with E-state index in [1.54, 1.807) is 0 Å². The number of allylic oxidation sites excluding steroid dienone is 4. The smallest absolute Gasteiger partial charge is 0.306 e. The van der Waals surface area contributed by atoms with Crippen LogP contribution < -0.4 is 0 Å². The summed E-state index contributed by atoms with van der Waals surface area (Å²) in [5.74, 6) is -0.869. The molecule has 0 aliphatic heterocycles. The molecule has 0 aliphatic carbocycles. The van der Waals surface area contributed by atoms with E-state index in [0.717, 1.165) is 83.5 Å². The summed E-state index contributed by atoms with van der Waals surface area (Å²) in [7, 11) is 0. The number of esters is 3. The summed E-state index contributed by atoms with van der Waals surface area (Å²) in [5, 5.41) is 0. The number of carbonyl (C=O) groups is 3. The second kappa shape index (κ2) is 52.5. The van der Waals surface area contributed by atoms with E-state index in [2.05, 4.69) is 45.1 Å². The zero-order valence-electron chi connectivity index (χ0n) is 42.4. The second-order valence-corrected chi connectivity index (χ2v) is 18.9. The van der Waals surface area contributed by atoms with Crippen molar-refractivity contribution in [3.8, 4) is 0 Å². The molecular weight excluding hydrogens is 781 g/mol. The first-order chi connectivity index (χ1) is 31.0. The Labute approximate surface area is 392 Å². The lowest BCUT2D eigenvalue weighted by molar-refractivity contribution is -0.167. The van der Waals surface area contributed by atoms with E-state index in [0.29, 0.717) is 19.3 Å². The molecule has 6 heteroatoms. The van der Waals surface area contributed by atoms with E-state index in [4.69, 9.17) is 14.2 Å². The molecule has 0 heterocycles. The van der Waals surface area contributed by atoms with Crippen molar-refractivity contribution in [2.24, 2.45) is 0 Å². The molecule has 0 saturated carbocycles. The van der Waals surface area contributed by atoms with Crippen molar-refractivity contribution in [2.45, 2.75) is 309 Å². The minimum absolute atomic E-state index is 0.0719. The summed E-state index contributed by atoms with van der Waals surface area (Å²) < 4.78 is 16.8. The monoisotopic (exact) mass is 887 g/mol. The Bertz CT molecular complexity index is 1020. The number of ether oxygens (including phenoxy) is 3. The van der Waals surface area contributed by atoms with Crippen molar-refractivity contribution in [1.82, 2.24) is 0 Å². The lowest BCUT2D eigenvalue weighted by Crippen LogP contribution is -2.30. The van der Waals surface area contributed by atoms with Crippen molar-refractivity contribution in [3.63, 3.8) is 0 Å². The van der Waals surface area contributed by atoms with Crippen LogP contribution in [0.15, 0.2) is 24.3 Å². The number of hydrogen-bond acceptors (Lipinski definition) is 6. The van der Waals surface area contributed by atoms with Gasteiger partial charge in [0.15, 0.2) is 6.10 Å². The van der Waals surface area contributed by atoms with Crippen LogP contribution in [0.3, 0.4) is 0 Å². The Balaban J connectivity index is 4.27. The van der Waals surface area contributed by atoms with Crippen molar-refractivity contribution < 1.29 is 28.6 Å². The number of rotatable bonds is 51. The maximum Gasteiger partial charge on any atom is 0.306 e. The Hall–Kier alpha value is -2.11. The summed E-state index contributed by atoms with van der Waals surface area (Å²) in [4.78, 5) is 38.0. The fourth-order valence-electron chi connectivity index (χ4n) is 8.23. The Kier molecular flexibility index (Phi) is 50.8. The molecule has 0 aliphatic rings. The normalized spacial score (nSPS) is 12.1. The molecule has 0 saturated heterocycles. The van der Waals surface area contributed by atoms with Crippen molar-refractivity contribution >= 4 is 17.9 Å². The van der Waals surface area contributed by atoms with E-state index in [9.17, 15) is 14.4 Å². The zero-order chi connectivity index (χ0) is 45.8. The third-order valence-electron chi connectivity index (χ3n) is 12.5. The van der Waals surface area contributed by atoms with Crippen LogP contribution in [0.5, 0.6) is 0 Å². The van der Waals surface area contributed by atoms with Crippen molar-refractivity contribution in [1.29, 1.82) is 0 Å². The molecule has 0 N–H and O–H groups in total. The lowest BCUT2D eigenvalue weighted by Gasteiger charge is -2.18. The van der Waals surface area contributed by atoms with Crippen LogP contribution >= 0.6 is 0 Å². The fraction of sp³-hybridized carbons (Fsp3) is 0.877. The first kappa shape index (κ1) is 60.9. The van der Waals surface area contributed by atoms with Gasteiger partial charge in [0.1, 0.15) is 13.2 Å². The van der Waals surface area contributed by atoms with Crippen molar-refractivity contribution in [2.75, 3.05) is 13.2 Å². The largest absolute Gasteiger partial charge is 0.462 e. The minimum Gasteiger partial charge on any atom is -0.462 e. The van der Waals surface area contributed by atoms with Gasteiger partial charge in [0.2, 0.25) is 0 Å². The van der Waals surface area contributed by atoms with Gasteiger partial charge in [0, 0.05) is 19.3 Å². The quantitative estimate of drug-likeness (QED) is 0.0262. The molecule has 0 aromatic heterocycles. The molecule has 1 atom stereocenters. The van der Waals surface area contributed by atoms with Gasteiger partial charge >= 0.3 is 17.9 Å². The molecule has 6 nitrogen and oxygen atoms in total. The van der Waals surface area contributed by atoms with E-state index >= 15 is 0 Å². The minimum atomic E-state index is -0.772. The third kappa shape index (κ3) is 50.7. The van der Waals surface area contributed by atoms with Crippen LogP contribution in [0, 0.1) is 0 Å². The molecule has 63 heavy (non-hydrogen) atoms. The molecule has 0 radical (unpaired) electrons. The third-order valence-corrected chi connectivity index (χ3v) is 12.5. The summed E-state index contributed by atoms with van der Waals surface area (Å²) in [5.41, 5.74) is 0. The molecule has 0 spiro atoms. The molecule has 0 aromatic carbocycles. The van der Waals surface area contributed by atoms with Crippen LogP contribution in [-0.4, -0.2) is 37.2 Å². The van der Waals surface area contributed by atoms with Crippen LogP contribution in [0.2, 0.25) is 0 Å². The summed E-state index contributed by atoms with van der Waals surface area (Å²) >= 11 is 0. The zero-order valence-corrected chi connectivity index (χ0v) is 42.4. The Morgan fingerprint density at radius 3 is 0.921 bits per heavy atom. The van der Waals surface area contributed by atoms with E-state index in [1.165, 1.54) is 180 Å². The summed E-state index contributed by atoms with van der Waals surface area (Å²) in [6, 6.07) is 0. The van der Waals surface area contributed by atoms with Crippen LogP contribution in [-0.2, 0) is 28.6 Å². The Morgan fingerprint density at radius 1 is 0.317 bits per heavy atom. The van der Waals surface area contributed by atoms with Gasteiger partial charge in [-0.15, -0.1) is 0 Å². The molecule has 0 bridgehead atoms. The highest BCUT2D eigenvalue weighted by Gasteiger charge is 2.19. The highest BCUT2D eigenvalue weighted by atomic mass is 16.6. The van der Waals surface area contributed by atoms with Crippen LogP contribution in [0.1, 0.15) is 303 Å². The van der Waals surface area contributed by atoms with E-state index in [-0.39, 0.29) is 31.1 Å². The van der Waals surface area contributed by atoms with Crippen LogP contribution in [0.4, 0.5) is 0 Å². The molecule has 370 valence electrons. The molecule has 0 aromatic rings. The first-order valence-electron chi connectivity index (χ1n) is 27.8. The van der Waals surface area contributed by atoms with Gasteiger partial charge in [0.05, 0.1) is 0 Å². The highest BCUT2D eigenvalue weighted by molar-refractivity contribution is 5.71.